The minimum absolute atomic E-state index is 0.00341. The van der Waals surface area contributed by atoms with Crippen molar-refractivity contribution in [2.45, 2.75) is 18.9 Å². The first kappa shape index (κ1) is 21.2. The largest absolute Gasteiger partial charge is 0.339 e. The van der Waals surface area contributed by atoms with E-state index in [1.165, 1.54) is 23.1 Å². The molecule has 9 heteroatoms. The Hall–Kier alpha value is -4.01. The molecular formula is C23H22N4O5. The smallest absolute Gasteiger partial charge is 0.332 e. The number of non-ortho nitro benzene ring substituents is 1. The van der Waals surface area contributed by atoms with Crippen LogP contribution in [0, 0.1) is 10.1 Å². The molecule has 2 heterocycles. The fourth-order valence-corrected chi connectivity index (χ4v) is 4.01. The third-order valence-corrected chi connectivity index (χ3v) is 5.75. The summed E-state index contributed by atoms with van der Waals surface area (Å²) in [5, 5.41) is 10.7. The highest BCUT2D eigenvalue weighted by Gasteiger charge is 2.41. The van der Waals surface area contributed by atoms with E-state index < -0.39 is 4.92 Å². The molecule has 0 atom stereocenters. The maximum absolute atomic E-state index is 12.9. The average Bonchev–Trinajstić information content (AvgIpc) is 3.12. The van der Waals surface area contributed by atoms with E-state index in [1.54, 1.807) is 52.3 Å². The highest BCUT2D eigenvalue weighted by Crippen LogP contribution is 2.26. The van der Waals surface area contributed by atoms with E-state index in [-0.39, 0.29) is 36.1 Å². The normalized spacial score (nSPS) is 17.4. The van der Waals surface area contributed by atoms with Crippen molar-refractivity contribution in [2.75, 3.05) is 24.5 Å². The molecule has 9 nitrogen and oxygen atoms in total. The van der Waals surface area contributed by atoms with Gasteiger partial charge in [-0.25, -0.2) is 9.69 Å². The molecule has 0 unspecified atom stereocenters. The van der Waals surface area contributed by atoms with Crippen LogP contribution in [0.25, 0.3) is 6.08 Å². The molecule has 0 spiro atoms. The Labute approximate surface area is 184 Å². The van der Waals surface area contributed by atoms with Crippen molar-refractivity contribution in [3.05, 3.63) is 76.4 Å². The fraction of sp³-hybridized carbons (Fsp3) is 0.261. The molecule has 164 valence electrons. The van der Waals surface area contributed by atoms with Gasteiger partial charge in [0, 0.05) is 37.3 Å². The molecule has 0 aromatic heterocycles. The summed E-state index contributed by atoms with van der Waals surface area (Å²) in [5.74, 6) is -0.401. The number of nitro benzene ring substituents is 1. The van der Waals surface area contributed by atoms with Crippen molar-refractivity contribution in [2.24, 2.45) is 0 Å². The molecule has 4 rings (SSSR count). The third kappa shape index (κ3) is 4.36. The SMILES string of the molecule is O=C(/C=C/c1ccc([N+](=O)[O-])cc1)N1CCC(N2CC(=O)N(c3ccccc3)C2=O)CC1. The van der Waals surface area contributed by atoms with Gasteiger partial charge in [-0.15, -0.1) is 0 Å². The summed E-state index contributed by atoms with van der Waals surface area (Å²) in [6.45, 7) is 1.02. The highest BCUT2D eigenvalue weighted by atomic mass is 16.6. The molecule has 0 radical (unpaired) electrons. The van der Waals surface area contributed by atoms with Gasteiger partial charge in [-0.3, -0.25) is 19.7 Å². The van der Waals surface area contributed by atoms with E-state index >= 15 is 0 Å². The first-order chi connectivity index (χ1) is 15.4. The quantitative estimate of drug-likeness (QED) is 0.311. The molecule has 2 aromatic carbocycles. The number of amides is 4. The van der Waals surface area contributed by atoms with Crippen LogP contribution in [0.4, 0.5) is 16.2 Å². The van der Waals surface area contributed by atoms with Crippen molar-refractivity contribution in [1.82, 2.24) is 9.80 Å². The van der Waals surface area contributed by atoms with E-state index in [9.17, 15) is 24.5 Å². The Morgan fingerprint density at radius 1 is 1.00 bits per heavy atom. The zero-order valence-corrected chi connectivity index (χ0v) is 17.3. The van der Waals surface area contributed by atoms with Gasteiger partial charge in [0.25, 0.3) is 11.6 Å². The number of nitrogens with zero attached hydrogens (tertiary/aromatic N) is 4. The van der Waals surface area contributed by atoms with Gasteiger partial charge in [0.05, 0.1) is 10.6 Å². The monoisotopic (exact) mass is 434 g/mol. The molecule has 2 saturated heterocycles. The number of carbonyl (C=O) groups excluding carboxylic acids is 3. The lowest BCUT2D eigenvalue weighted by molar-refractivity contribution is -0.384. The first-order valence-electron chi connectivity index (χ1n) is 10.3. The van der Waals surface area contributed by atoms with E-state index in [2.05, 4.69) is 0 Å². The Bertz CT molecular complexity index is 1060. The minimum atomic E-state index is -0.472. The Kier molecular flexibility index (Phi) is 5.98. The van der Waals surface area contributed by atoms with Crippen LogP contribution in [0.15, 0.2) is 60.7 Å². The van der Waals surface area contributed by atoms with Gasteiger partial charge < -0.3 is 9.80 Å². The predicted molar refractivity (Wildman–Crippen MR) is 118 cm³/mol. The summed E-state index contributed by atoms with van der Waals surface area (Å²) >= 11 is 0. The van der Waals surface area contributed by atoms with Gasteiger partial charge in [0.1, 0.15) is 6.54 Å². The number of hydrogen-bond acceptors (Lipinski definition) is 5. The molecule has 2 aliphatic heterocycles. The second kappa shape index (κ2) is 9.01. The predicted octanol–water partition coefficient (Wildman–Crippen LogP) is 3.07. The summed E-state index contributed by atoms with van der Waals surface area (Å²) in [5.41, 5.74) is 1.26. The topological polar surface area (TPSA) is 104 Å². The van der Waals surface area contributed by atoms with Gasteiger partial charge >= 0.3 is 6.03 Å². The Morgan fingerprint density at radius 3 is 2.28 bits per heavy atom. The van der Waals surface area contributed by atoms with Gasteiger partial charge in [-0.1, -0.05) is 18.2 Å². The van der Waals surface area contributed by atoms with Gasteiger partial charge in [0.2, 0.25) is 5.91 Å². The third-order valence-electron chi connectivity index (χ3n) is 5.75. The van der Waals surface area contributed by atoms with Crippen LogP contribution in [-0.2, 0) is 9.59 Å². The standard InChI is InChI=1S/C23H22N4O5/c28-21(11-8-17-6-9-20(10-7-17)27(31)32)24-14-12-18(13-15-24)25-16-22(29)26(23(25)30)19-4-2-1-3-5-19/h1-11,18H,12-16H2/b11-8+. The molecular weight excluding hydrogens is 412 g/mol. The zero-order chi connectivity index (χ0) is 22.7. The lowest BCUT2D eigenvalue weighted by Crippen LogP contribution is -2.47. The number of anilines is 1. The van der Waals surface area contributed by atoms with Crippen LogP contribution < -0.4 is 4.90 Å². The maximum atomic E-state index is 12.9. The number of likely N-dealkylation sites (tertiary alicyclic amines) is 1. The second-order valence-electron chi connectivity index (χ2n) is 7.71. The van der Waals surface area contributed by atoms with Gasteiger partial charge in [0.15, 0.2) is 0 Å². The fourth-order valence-electron chi connectivity index (χ4n) is 4.01. The lowest BCUT2D eigenvalue weighted by atomic mass is 10.0. The summed E-state index contributed by atoms with van der Waals surface area (Å²) in [6, 6.07) is 14.4. The Balaban J connectivity index is 1.33. The summed E-state index contributed by atoms with van der Waals surface area (Å²) in [4.78, 5) is 52.6. The zero-order valence-electron chi connectivity index (χ0n) is 17.3. The molecule has 0 saturated carbocycles. The first-order valence-corrected chi connectivity index (χ1v) is 10.3. The summed E-state index contributed by atoms with van der Waals surface area (Å²) < 4.78 is 0. The number of benzene rings is 2. The summed E-state index contributed by atoms with van der Waals surface area (Å²) in [6.07, 6.45) is 4.26. The second-order valence-corrected chi connectivity index (χ2v) is 7.71. The number of piperidine rings is 1. The van der Waals surface area contributed by atoms with Gasteiger partial charge in [-0.05, 0) is 48.7 Å². The summed E-state index contributed by atoms with van der Waals surface area (Å²) in [7, 11) is 0. The van der Waals surface area contributed by atoms with Crippen molar-refractivity contribution in [3.8, 4) is 0 Å². The van der Waals surface area contributed by atoms with Crippen LogP contribution in [0.5, 0.6) is 0 Å². The van der Waals surface area contributed by atoms with Crippen molar-refractivity contribution in [1.29, 1.82) is 0 Å². The van der Waals surface area contributed by atoms with E-state index in [4.69, 9.17) is 0 Å². The molecule has 0 N–H and O–H groups in total. The van der Waals surface area contributed by atoms with Crippen LogP contribution in [0.1, 0.15) is 18.4 Å². The van der Waals surface area contributed by atoms with E-state index in [0.29, 0.717) is 37.2 Å². The van der Waals surface area contributed by atoms with Crippen molar-refractivity contribution < 1.29 is 19.3 Å². The Morgan fingerprint density at radius 2 is 1.66 bits per heavy atom. The molecule has 32 heavy (non-hydrogen) atoms. The molecule has 0 bridgehead atoms. The van der Waals surface area contributed by atoms with Crippen LogP contribution in [0.2, 0.25) is 0 Å². The highest BCUT2D eigenvalue weighted by molar-refractivity contribution is 6.19. The lowest BCUT2D eigenvalue weighted by Gasteiger charge is -2.35. The minimum Gasteiger partial charge on any atom is -0.339 e. The number of rotatable bonds is 5. The number of nitro groups is 1. The molecule has 2 aliphatic rings. The van der Waals surface area contributed by atoms with Crippen LogP contribution >= 0.6 is 0 Å². The number of para-hydroxylation sites is 1. The number of urea groups is 1. The van der Waals surface area contributed by atoms with Crippen molar-refractivity contribution >= 4 is 35.3 Å². The number of carbonyl (C=O) groups is 3. The van der Waals surface area contributed by atoms with Crippen LogP contribution in [0.3, 0.4) is 0 Å². The number of hydrogen-bond donors (Lipinski definition) is 0. The average molecular weight is 434 g/mol. The number of imide groups is 1. The van der Waals surface area contributed by atoms with Crippen LogP contribution in [-0.4, -0.2) is 58.2 Å². The van der Waals surface area contributed by atoms with E-state index in [0.717, 1.165) is 0 Å². The van der Waals surface area contributed by atoms with E-state index in [1.807, 2.05) is 6.07 Å². The maximum Gasteiger partial charge on any atom is 0.332 e. The van der Waals surface area contributed by atoms with Crippen molar-refractivity contribution in [3.63, 3.8) is 0 Å². The molecule has 4 amide bonds. The molecule has 2 aromatic rings. The molecule has 2 fully saturated rings. The van der Waals surface area contributed by atoms with Gasteiger partial charge in [-0.2, -0.15) is 0 Å². The molecule has 0 aliphatic carbocycles.